The Morgan fingerprint density at radius 1 is 1.15 bits per heavy atom. The number of nitrogens with one attached hydrogen (secondary N) is 2. The number of carbonyl (C=O) groups is 1. The zero-order valence-corrected chi connectivity index (χ0v) is 21.1. The Labute approximate surface area is 202 Å². The molecule has 0 radical (unpaired) electrons. The molecule has 8 heteroatoms. The number of H-pyrrole nitrogens is 1. The van der Waals surface area contributed by atoms with Crippen molar-refractivity contribution in [1.82, 2.24) is 25.1 Å². The van der Waals surface area contributed by atoms with Gasteiger partial charge in [-0.1, -0.05) is 20.8 Å². The number of likely N-dealkylation sites (N-methyl/N-ethyl adjacent to an activating group) is 1. The normalized spacial score (nSPS) is 14.8. The third-order valence-electron chi connectivity index (χ3n) is 6.28. The number of nitrogens with zero attached hydrogens (tertiary/aromatic N) is 3. The Hall–Kier alpha value is -2.71. The summed E-state index contributed by atoms with van der Waals surface area (Å²) in [6, 6.07) is 5.33. The second-order valence-corrected chi connectivity index (χ2v) is 8.86. The van der Waals surface area contributed by atoms with Gasteiger partial charge in [0.05, 0.1) is 17.9 Å². The zero-order valence-electron chi connectivity index (χ0n) is 21.1. The van der Waals surface area contributed by atoms with Crippen LogP contribution < -0.4 is 15.6 Å². The molecule has 8 nitrogen and oxygen atoms in total. The highest BCUT2D eigenvalue weighted by atomic mass is 16.5. The third kappa shape index (κ3) is 6.67. The largest absolute Gasteiger partial charge is 0.493 e. The van der Waals surface area contributed by atoms with Gasteiger partial charge in [0.25, 0.3) is 11.5 Å². The fourth-order valence-corrected chi connectivity index (χ4v) is 4.20. The van der Waals surface area contributed by atoms with E-state index in [2.05, 4.69) is 27.1 Å². The Balaban J connectivity index is 1.74. The van der Waals surface area contributed by atoms with Crippen LogP contribution in [-0.2, 0) is 12.8 Å². The lowest BCUT2D eigenvalue weighted by Crippen LogP contribution is -2.45. The number of piperazine rings is 1. The summed E-state index contributed by atoms with van der Waals surface area (Å²) in [5, 5.41) is 3.03. The first kappa shape index (κ1) is 25.9. The molecule has 186 valence electrons. The number of hydrogen-bond donors (Lipinski definition) is 2. The van der Waals surface area contributed by atoms with E-state index >= 15 is 0 Å². The van der Waals surface area contributed by atoms with Crippen LogP contribution in [0.2, 0.25) is 0 Å². The molecule has 1 fully saturated rings. The van der Waals surface area contributed by atoms with Crippen molar-refractivity contribution in [3.63, 3.8) is 0 Å². The van der Waals surface area contributed by atoms with E-state index in [0.717, 1.165) is 51.3 Å². The Morgan fingerprint density at radius 3 is 2.59 bits per heavy atom. The van der Waals surface area contributed by atoms with E-state index in [1.807, 2.05) is 20.8 Å². The SMILES string of the molecule is CCCOc1ccc(C(=O)NCCCN2CCN(C)CC2)cc1-c1nc(CC)c(CC)c(=O)[nH]1. The van der Waals surface area contributed by atoms with Gasteiger partial charge in [-0.15, -0.1) is 0 Å². The van der Waals surface area contributed by atoms with Gasteiger partial charge >= 0.3 is 0 Å². The lowest BCUT2D eigenvalue weighted by atomic mass is 10.1. The second kappa shape index (κ2) is 12.7. The van der Waals surface area contributed by atoms with Gasteiger partial charge in [-0.05, 0) is 57.5 Å². The number of amides is 1. The molecular weight excluding hydrogens is 430 g/mol. The zero-order chi connectivity index (χ0) is 24.5. The summed E-state index contributed by atoms with van der Waals surface area (Å²) in [4.78, 5) is 37.9. The maximum absolute atomic E-state index is 12.9. The molecule has 0 unspecified atom stereocenters. The summed E-state index contributed by atoms with van der Waals surface area (Å²) in [7, 11) is 2.15. The molecule has 2 aromatic rings. The van der Waals surface area contributed by atoms with E-state index in [1.54, 1.807) is 18.2 Å². The molecule has 1 aromatic heterocycles. The van der Waals surface area contributed by atoms with Gasteiger partial charge in [-0.25, -0.2) is 4.98 Å². The van der Waals surface area contributed by atoms with Gasteiger partial charge in [-0.2, -0.15) is 0 Å². The molecule has 1 amide bonds. The molecule has 0 atom stereocenters. The molecule has 1 aliphatic heterocycles. The minimum Gasteiger partial charge on any atom is -0.493 e. The van der Waals surface area contributed by atoms with E-state index in [1.165, 1.54) is 0 Å². The van der Waals surface area contributed by atoms with E-state index in [4.69, 9.17) is 9.72 Å². The molecule has 2 heterocycles. The molecule has 0 spiro atoms. The fourth-order valence-electron chi connectivity index (χ4n) is 4.20. The minimum atomic E-state index is -0.135. The van der Waals surface area contributed by atoms with Crippen LogP contribution in [0.25, 0.3) is 11.4 Å². The van der Waals surface area contributed by atoms with Crippen LogP contribution in [0.3, 0.4) is 0 Å². The highest BCUT2D eigenvalue weighted by molar-refractivity contribution is 5.95. The van der Waals surface area contributed by atoms with Crippen LogP contribution in [0.4, 0.5) is 0 Å². The number of carbonyl (C=O) groups excluding carboxylic acids is 1. The van der Waals surface area contributed by atoms with E-state index < -0.39 is 0 Å². The van der Waals surface area contributed by atoms with Crippen molar-refractivity contribution in [2.24, 2.45) is 0 Å². The van der Waals surface area contributed by atoms with Crippen molar-refractivity contribution in [2.75, 3.05) is 52.9 Å². The average Bonchev–Trinajstić information content (AvgIpc) is 2.85. The quantitative estimate of drug-likeness (QED) is 0.492. The predicted octanol–water partition coefficient (Wildman–Crippen LogP) is 2.72. The Morgan fingerprint density at radius 2 is 1.91 bits per heavy atom. The number of aromatic nitrogens is 2. The summed E-state index contributed by atoms with van der Waals surface area (Å²) >= 11 is 0. The minimum absolute atomic E-state index is 0.134. The van der Waals surface area contributed by atoms with Gasteiger partial charge in [0.15, 0.2) is 0 Å². The summed E-state index contributed by atoms with van der Waals surface area (Å²) in [5.74, 6) is 0.919. The van der Waals surface area contributed by atoms with E-state index in [0.29, 0.717) is 54.3 Å². The predicted molar refractivity (Wildman–Crippen MR) is 136 cm³/mol. The molecule has 0 aliphatic carbocycles. The highest BCUT2D eigenvalue weighted by Crippen LogP contribution is 2.29. The standard InChI is InChI=1S/C26H39N5O3/c1-5-17-34-23-10-9-19(25(32)27-11-8-12-31-15-13-30(4)14-16-31)18-21(23)24-28-22(7-3)20(6-2)26(33)29-24/h9-10,18H,5-8,11-17H2,1-4H3,(H,27,32)(H,28,29,33). The van der Waals surface area contributed by atoms with Crippen molar-refractivity contribution in [3.8, 4) is 17.1 Å². The van der Waals surface area contributed by atoms with Crippen LogP contribution in [0, 0.1) is 0 Å². The van der Waals surface area contributed by atoms with Gasteiger partial charge in [0.2, 0.25) is 0 Å². The first-order valence-electron chi connectivity index (χ1n) is 12.5. The Kier molecular flexibility index (Phi) is 9.65. The second-order valence-electron chi connectivity index (χ2n) is 8.86. The summed E-state index contributed by atoms with van der Waals surface area (Å²) in [6.45, 7) is 12.5. The van der Waals surface area contributed by atoms with Crippen molar-refractivity contribution in [3.05, 3.63) is 45.4 Å². The van der Waals surface area contributed by atoms with Crippen LogP contribution in [0.15, 0.2) is 23.0 Å². The molecule has 1 aliphatic rings. The van der Waals surface area contributed by atoms with Crippen molar-refractivity contribution in [1.29, 1.82) is 0 Å². The van der Waals surface area contributed by atoms with Crippen LogP contribution in [0.5, 0.6) is 5.75 Å². The maximum atomic E-state index is 12.9. The van der Waals surface area contributed by atoms with Gasteiger partial charge in [0.1, 0.15) is 11.6 Å². The monoisotopic (exact) mass is 469 g/mol. The topological polar surface area (TPSA) is 90.6 Å². The smallest absolute Gasteiger partial charge is 0.254 e. The summed E-state index contributed by atoms with van der Waals surface area (Å²) < 4.78 is 5.92. The highest BCUT2D eigenvalue weighted by Gasteiger charge is 2.17. The molecule has 34 heavy (non-hydrogen) atoms. The molecule has 0 saturated carbocycles. The van der Waals surface area contributed by atoms with Crippen LogP contribution in [0.1, 0.15) is 55.2 Å². The first-order valence-corrected chi connectivity index (χ1v) is 12.5. The third-order valence-corrected chi connectivity index (χ3v) is 6.28. The van der Waals surface area contributed by atoms with Crippen LogP contribution >= 0.6 is 0 Å². The van der Waals surface area contributed by atoms with Gasteiger partial charge < -0.3 is 24.8 Å². The molecule has 2 N–H and O–H groups in total. The maximum Gasteiger partial charge on any atom is 0.254 e. The molecular formula is C26H39N5O3. The Bertz CT molecular complexity index is 1010. The van der Waals surface area contributed by atoms with Crippen LogP contribution in [-0.4, -0.2) is 78.6 Å². The number of rotatable bonds is 11. The van der Waals surface area contributed by atoms with E-state index in [-0.39, 0.29) is 11.5 Å². The lowest BCUT2D eigenvalue weighted by molar-refractivity contribution is 0.0949. The van der Waals surface area contributed by atoms with E-state index in [9.17, 15) is 9.59 Å². The lowest BCUT2D eigenvalue weighted by Gasteiger charge is -2.32. The molecule has 0 bridgehead atoms. The van der Waals surface area contributed by atoms with Crippen molar-refractivity contribution < 1.29 is 9.53 Å². The van der Waals surface area contributed by atoms with Gasteiger partial charge in [-0.3, -0.25) is 9.59 Å². The average molecular weight is 470 g/mol. The van der Waals surface area contributed by atoms with Crippen molar-refractivity contribution >= 4 is 5.91 Å². The number of aromatic amines is 1. The first-order chi connectivity index (χ1) is 16.5. The number of aryl methyl sites for hydroxylation is 1. The number of ether oxygens (including phenoxy) is 1. The molecule has 1 saturated heterocycles. The summed E-state index contributed by atoms with van der Waals surface area (Å²) in [5.41, 5.74) is 2.51. The number of benzene rings is 1. The van der Waals surface area contributed by atoms with Gasteiger partial charge in [0, 0.05) is 43.9 Å². The van der Waals surface area contributed by atoms with Crippen molar-refractivity contribution in [2.45, 2.75) is 46.5 Å². The molecule has 1 aromatic carbocycles. The summed E-state index contributed by atoms with van der Waals surface area (Å²) in [6.07, 6.45) is 3.06. The number of hydrogen-bond acceptors (Lipinski definition) is 6. The fraction of sp³-hybridized carbons (Fsp3) is 0.577. The molecule has 3 rings (SSSR count).